The van der Waals surface area contributed by atoms with E-state index in [1.807, 2.05) is 60.9 Å². The predicted molar refractivity (Wildman–Crippen MR) is 133 cm³/mol. The third kappa shape index (κ3) is 4.20. The van der Waals surface area contributed by atoms with Crippen LogP contribution in [-0.4, -0.2) is 48.7 Å². The third-order valence-corrected chi connectivity index (χ3v) is 7.21. The number of carbonyl (C=O) groups excluding carboxylic acids is 1. The number of aryl methyl sites for hydroxylation is 2. The molecular formula is C26H27N3O5S. The molecule has 3 heterocycles. The van der Waals surface area contributed by atoms with Crippen LogP contribution in [0.4, 0.5) is 0 Å². The minimum absolute atomic E-state index is 0.206. The van der Waals surface area contributed by atoms with Crippen LogP contribution in [0.25, 0.3) is 22.4 Å². The van der Waals surface area contributed by atoms with Gasteiger partial charge in [-0.2, -0.15) is 0 Å². The molecule has 5 rings (SSSR count). The van der Waals surface area contributed by atoms with Crippen LogP contribution >= 0.6 is 0 Å². The molecule has 1 aliphatic heterocycles. The maximum absolute atomic E-state index is 13.5. The minimum atomic E-state index is -3.34. The van der Waals surface area contributed by atoms with Crippen molar-refractivity contribution < 1.29 is 22.4 Å². The van der Waals surface area contributed by atoms with Crippen molar-refractivity contribution in [1.29, 1.82) is 0 Å². The number of carbonyl (C=O) groups is 1. The maximum Gasteiger partial charge on any atom is 0.290 e. The van der Waals surface area contributed by atoms with E-state index in [-0.39, 0.29) is 18.2 Å². The Kier molecular flexibility index (Phi) is 5.67. The molecule has 2 aromatic carbocycles. The molecule has 0 bridgehead atoms. The van der Waals surface area contributed by atoms with Crippen molar-refractivity contribution in [3.05, 3.63) is 70.7 Å². The highest BCUT2D eigenvalue weighted by atomic mass is 32.2. The Morgan fingerprint density at radius 1 is 1.14 bits per heavy atom. The van der Waals surface area contributed by atoms with Crippen LogP contribution in [0.5, 0.6) is 5.75 Å². The molecular weight excluding hydrogens is 466 g/mol. The van der Waals surface area contributed by atoms with E-state index >= 15 is 0 Å². The quantitative estimate of drug-likeness (QED) is 0.415. The molecule has 1 amide bonds. The Hall–Kier alpha value is -3.59. The Bertz CT molecular complexity index is 1570. The first kappa shape index (κ1) is 23.2. The van der Waals surface area contributed by atoms with Crippen LogP contribution in [0.2, 0.25) is 0 Å². The van der Waals surface area contributed by atoms with Crippen molar-refractivity contribution >= 4 is 26.7 Å². The van der Waals surface area contributed by atoms with Crippen LogP contribution in [0.3, 0.4) is 0 Å². The predicted octanol–water partition coefficient (Wildman–Crippen LogP) is 4.12. The van der Waals surface area contributed by atoms with E-state index in [1.165, 1.54) is 6.26 Å². The summed E-state index contributed by atoms with van der Waals surface area (Å²) in [5.74, 6) is 1.18. The van der Waals surface area contributed by atoms with Gasteiger partial charge in [0.25, 0.3) is 5.91 Å². The number of imidazole rings is 1. The van der Waals surface area contributed by atoms with E-state index in [0.717, 1.165) is 22.1 Å². The Balaban J connectivity index is 1.55. The van der Waals surface area contributed by atoms with Crippen LogP contribution in [0.1, 0.15) is 33.1 Å². The first-order chi connectivity index (χ1) is 16.7. The van der Waals surface area contributed by atoms with E-state index in [2.05, 4.69) is 0 Å². The van der Waals surface area contributed by atoms with Crippen molar-refractivity contribution in [2.75, 3.05) is 19.9 Å². The molecule has 0 atom stereocenters. The number of fused-ring (bicyclic) bond motifs is 2. The smallest absolute Gasteiger partial charge is 0.290 e. The molecule has 0 N–H and O–H groups in total. The second kappa shape index (κ2) is 8.57. The number of furan rings is 1. The van der Waals surface area contributed by atoms with Gasteiger partial charge in [-0.15, -0.1) is 0 Å². The summed E-state index contributed by atoms with van der Waals surface area (Å²) in [6.45, 7) is 5.02. The van der Waals surface area contributed by atoms with E-state index in [0.29, 0.717) is 47.4 Å². The number of rotatable bonds is 5. The van der Waals surface area contributed by atoms with Crippen LogP contribution in [0.15, 0.2) is 46.9 Å². The first-order valence-electron chi connectivity index (χ1n) is 11.3. The van der Waals surface area contributed by atoms with E-state index in [4.69, 9.17) is 14.1 Å². The number of hydrogen-bond acceptors (Lipinski definition) is 6. The molecule has 2 aromatic heterocycles. The average Bonchev–Trinajstić information content (AvgIpc) is 3.34. The normalized spacial score (nSPS) is 13.8. The topological polar surface area (TPSA) is 94.6 Å². The number of benzene rings is 2. The molecule has 0 radical (unpaired) electrons. The SMILES string of the molecule is COc1ccccc1-c1nc(CS(C)(=O)=O)c2n1CCN(C(=O)c1oc3cc(C)ccc3c1C)C2. The van der Waals surface area contributed by atoms with Crippen molar-refractivity contribution in [2.24, 2.45) is 0 Å². The van der Waals surface area contributed by atoms with E-state index in [9.17, 15) is 13.2 Å². The molecule has 0 aliphatic carbocycles. The van der Waals surface area contributed by atoms with Gasteiger partial charge in [-0.3, -0.25) is 4.79 Å². The lowest BCUT2D eigenvalue weighted by Gasteiger charge is -2.29. The highest BCUT2D eigenvalue weighted by Crippen LogP contribution is 2.34. The van der Waals surface area contributed by atoms with Gasteiger partial charge >= 0.3 is 0 Å². The lowest BCUT2D eigenvalue weighted by atomic mass is 10.1. The Labute approximate surface area is 204 Å². The lowest BCUT2D eigenvalue weighted by Crippen LogP contribution is -2.38. The molecule has 4 aromatic rings. The maximum atomic E-state index is 13.5. The molecule has 35 heavy (non-hydrogen) atoms. The van der Waals surface area contributed by atoms with E-state index in [1.54, 1.807) is 12.0 Å². The molecule has 8 nitrogen and oxygen atoms in total. The summed E-state index contributed by atoms with van der Waals surface area (Å²) in [6.07, 6.45) is 1.19. The van der Waals surface area contributed by atoms with Gasteiger partial charge < -0.3 is 18.6 Å². The summed E-state index contributed by atoms with van der Waals surface area (Å²) in [5, 5.41) is 0.914. The van der Waals surface area contributed by atoms with Crippen LogP contribution in [0, 0.1) is 13.8 Å². The van der Waals surface area contributed by atoms with Crippen LogP contribution in [-0.2, 0) is 28.7 Å². The second-order valence-electron chi connectivity index (χ2n) is 9.03. The number of nitrogens with zero attached hydrogens (tertiary/aromatic N) is 3. The summed E-state index contributed by atoms with van der Waals surface area (Å²) in [5.41, 5.74) is 4.48. The third-order valence-electron chi connectivity index (χ3n) is 6.41. The summed E-state index contributed by atoms with van der Waals surface area (Å²) in [4.78, 5) is 20.0. The van der Waals surface area contributed by atoms with Crippen molar-refractivity contribution in [1.82, 2.24) is 14.5 Å². The van der Waals surface area contributed by atoms with Gasteiger partial charge in [0.2, 0.25) is 0 Å². The van der Waals surface area contributed by atoms with Gasteiger partial charge in [0.15, 0.2) is 15.6 Å². The summed E-state index contributed by atoms with van der Waals surface area (Å²) < 4.78 is 37.9. The first-order valence-corrected chi connectivity index (χ1v) is 13.4. The van der Waals surface area contributed by atoms with Gasteiger partial charge in [0.05, 0.1) is 36.4 Å². The molecule has 0 saturated heterocycles. The fourth-order valence-electron chi connectivity index (χ4n) is 4.69. The number of aromatic nitrogens is 2. The van der Waals surface area contributed by atoms with Gasteiger partial charge in [-0.1, -0.05) is 24.3 Å². The molecule has 0 spiro atoms. The molecule has 182 valence electrons. The standard InChI is InChI=1S/C26H27N3O5S/c1-16-9-10-18-17(2)24(34-23(18)13-16)26(30)28-11-12-29-21(14-28)20(15-35(4,31)32)27-25(29)19-7-5-6-8-22(19)33-3/h5-10,13H,11-12,14-15H2,1-4H3. The molecule has 0 saturated carbocycles. The minimum Gasteiger partial charge on any atom is -0.496 e. The zero-order chi connectivity index (χ0) is 24.9. The number of hydrogen-bond donors (Lipinski definition) is 0. The molecule has 9 heteroatoms. The highest BCUT2D eigenvalue weighted by Gasteiger charge is 2.31. The number of sulfone groups is 1. The molecule has 0 unspecified atom stereocenters. The number of methoxy groups -OCH3 is 1. The zero-order valence-corrected chi connectivity index (χ0v) is 21.0. The highest BCUT2D eigenvalue weighted by molar-refractivity contribution is 7.89. The summed E-state index contributed by atoms with van der Waals surface area (Å²) in [7, 11) is -1.75. The monoisotopic (exact) mass is 493 g/mol. The number of amides is 1. The average molecular weight is 494 g/mol. The summed E-state index contributed by atoms with van der Waals surface area (Å²) in [6, 6.07) is 13.4. The van der Waals surface area contributed by atoms with Gasteiger partial charge in [-0.25, -0.2) is 13.4 Å². The van der Waals surface area contributed by atoms with Gasteiger partial charge in [-0.05, 0) is 37.6 Å². The van der Waals surface area contributed by atoms with Gasteiger partial charge in [0, 0.05) is 30.3 Å². The number of para-hydroxylation sites is 1. The Morgan fingerprint density at radius 2 is 1.91 bits per heavy atom. The van der Waals surface area contributed by atoms with Crippen molar-refractivity contribution in [2.45, 2.75) is 32.7 Å². The summed E-state index contributed by atoms with van der Waals surface area (Å²) >= 11 is 0. The number of ether oxygens (including phenoxy) is 1. The van der Waals surface area contributed by atoms with Crippen LogP contribution < -0.4 is 4.74 Å². The van der Waals surface area contributed by atoms with Crippen molar-refractivity contribution in [3.8, 4) is 17.1 Å². The lowest BCUT2D eigenvalue weighted by molar-refractivity contribution is 0.0680. The molecule has 0 fully saturated rings. The fraction of sp³-hybridized carbons (Fsp3) is 0.308. The zero-order valence-electron chi connectivity index (χ0n) is 20.2. The van der Waals surface area contributed by atoms with Gasteiger partial charge in [0.1, 0.15) is 17.2 Å². The fourth-order valence-corrected chi connectivity index (χ4v) is 5.41. The Morgan fingerprint density at radius 3 is 2.66 bits per heavy atom. The van der Waals surface area contributed by atoms with Crippen molar-refractivity contribution in [3.63, 3.8) is 0 Å². The second-order valence-corrected chi connectivity index (χ2v) is 11.2. The molecule has 1 aliphatic rings. The van der Waals surface area contributed by atoms with E-state index < -0.39 is 9.84 Å². The largest absolute Gasteiger partial charge is 0.496 e.